The lowest BCUT2D eigenvalue weighted by atomic mass is 9.95. The minimum atomic E-state index is -1.08. The van der Waals surface area contributed by atoms with Crippen LogP contribution in [-0.2, 0) is 16.1 Å². The van der Waals surface area contributed by atoms with E-state index in [1.54, 1.807) is 20.8 Å². The van der Waals surface area contributed by atoms with Gasteiger partial charge in [0.2, 0.25) is 11.8 Å². The molecule has 0 aliphatic carbocycles. The van der Waals surface area contributed by atoms with Gasteiger partial charge in [0.05, 0.1) is 0 Å². The number of halogens is 2. The monoisotopic (exact) mass is 282 g/mol. The van der Waals surface area contributed by atoms with E-state index in [2.05, 4.69) is 5.32 Å². The fourth-order valence-electron chi connectivity index (χ4n) is 2.16. The number of carbonyl (C=O) groups is 2. The first-order chi connectivity index (χ1) is 9.23. The SMILES string of the molecule is CC1NC(=O)C(C)(C)N(Cc2ccc(F)cc2F)C1=O. The van der Waals surface area contributed by atoms with Gasteiger partial charge in [-0.05, 0) is 26.8 Å². The maximum absolute atomic E-state index is 13.7. The summed E-state index contributed by atoms with van der Waals surface area (Å²) in [6, 6.07) is 2.52. The summed E-state index contributed by atoms with van der Waals surface area (Å²) in [5.74, 6) is -2.00. The molecule has 6 heteroatoms. The van der Waals surface area contributed by atoms with Crippen LogP contribution in [0.2, 0.25) is 0 Å². The van der Waals surface area contributed by atoms with Crippen molar-refractivity contribution < 1.29 is 18.4 Å². The first-order valence-electron chi connectivity index (χ1n) is 6.30. The number of amides is 2. The highest BCUT2D eigenvalue weighted by atomic mass is 19.1. The number of hydrogen-bond donors (Lipinski definition) is 1. The van der Waals surface area contributed by atoms with Gasteiger partial charge < -0.3 is 10.2 Å². The molecule has 1 aromatic rings. The number of carbonyl (C=O) groups excluding carboxylic acids is 2. The third-order valence-corrected chi connectivity index (χ3v) is 3.56. The maximum atomic E-state index is 13.7. The van der Waals surface area contributed by atoms with Gasteiger partial charge in [0, 0.05) is 18.2 Å². The molecule has 1 heterocycles. The second-order valence-electron chi connectivity index (χ2n) is 5.41. The first-order valence-corrected chi connectivity index (χ1v) is 6.30. The van der Waals surface area contributed by atoms with Crippen LogP contribution in [0.25, 0.3) is 0 Å². The van der Waals surface area contributed by atoms with Gasteiger partial charge in [0.25, 0.3) is 0 Å². The molecular weight excluding hydrogens is 266 g/mol. The average molecular weight is 282 g/mol. The van der Waals surface area contributed by atoms with Crippen LogP contribution in [0.1, 0.15) is 26.3 Å². The van der Waals surface area contributed by atoms with Crippen molar-refractivity contribution in [2.45, 2.75) is 38.9 Å². The molecule has 1 saturated heterocycles. The number of piperazine rings is 1. The lowest BCUT2D eigenvalue weighted by molar-refractivity contribution is -0.155. The molecule has 2 amide bonds. The molecule has 1 atom stereocenters. The van der Waals surface area contributed by atoms with Crippen LogP contribution in [0.5, 0.6) is 0 Å². The molecule has 0 saturated carbocycles. The van der Waals surface area contributed by atoms with E-state index in [9.17, 15) is 18.4 Å². The smallest absolute Gasteiger partial charge is 0.246 e. The van der Waals surface area contributed by atoms with Crippen LogP contribution < -0.4 is 5.32 Å². The number of benzene rings is 1. The second-order valence-corrected chi connectivity index (χ2v) is 5.41. The highest BCUT2D eigenvalue weighted by Gasteiger charge is 2.44. The van der Waals surface area contributed by atoms with E-state index < -0.39 is 23.2 Å². The Bertz CT molecular complexity index is 572. The van der Waals surface area contributed by atoms with Gasteiger partial charge in [0.1, 0.15) is 23.2 Å². The van der Waals surface area contributed by atoms with Crippen LogP contribution in [0, 0.1) is 11.6 Å². The fourth-order valence-corrected chi connectivity index (χ4v) is 2.16. The second kappa shape index (κ2) is 4.85. The highest BCUT2D eigenvalue weighted by Crippen LogP contribution is 2.24. The highest BCUT2D eigenvalue weighted by molar-refractivity contribution is 5.99. The van der Waals surface area contributed by atoms with Crippen LogP contribution in [0.4, 0.5) is 8.78 Å². The maximum Gasteiger partial charge on any atom is 0.246 e. The zero-order chi connectivity index (χ0) is 15.1. The van der Waals surface area contributed by atoms with Crippen molar-refractivity contribution in [2.24, 2.45) is 0 Å². The minimum absolute atomic E-state index is 0.0737. The molecule has 20 heavy (non-hydrogen) atoms. The summed E-state index contributed by atoms with van der Waals surface area (Å²) in [5.41, 5.74) is -0.903. The van der Waals surface area contributed by atoms with Gasteiger partial charge in [-0.1, -0.05) is 6.07 Å². The molecule has 1 unspecified atom stereocenters. The summed E-state index contributed by atoms with van der Waals surface area (Å²) in [7, 11) is 0. The zero-order valence-corrected chi connectivity index (χ0v) is 11.5. The van der Waals surface area contributed by atoms with Crippen molar-refractivity contribution in [3.8, 4) is 0 Å². The molecule has 0 spiro atoms. The van der Waals surface area contributed by atoms with Crippen molar-refractivity contribution in [1.82, 2.24) is 10.2 Å². The Morgan fingerprint density at radius 3 is 2.55 bits per heavy atom. The van der Waals surface area contributed by atoms with E-state index in [1.165, 1.54) is 11.0 Å². The van der Waals surface area contributed by atoms with E-state index in [-0.39, 0.29) is 23.9 Å². The molecule has 1 aliphatic heterocycles. The van der Waals surface area contributed by atoms with E-state index >= 15 is 0 Å². The molecule has 1 N–H and O–H groups in total. The number of rotatable bonds is 2. The number of nitrogens with zero attached hydrogens (tertiary/aromatic N) is 1. The Labute approximate surface area is 115 Å². The Kier molecular flexibility index (Phi) is 3.50. The summed E-state index contributed by atoms with van der Waals surface area (Å²) in [6.45, 7) is 4.68. The summed E-state index contributed by atoms with van der Waals surface area (Å²) >= 11 is 0. The van der Waals surface area contributed by atoms with Crippen LogP contribution >= 0.6 is 0 Å². The standard InChI is InChI=1S/C14H16F2N2O2/c1-8-12(19)18(14(2,3)13(20)17-8)7-9-4-5-10(15)6-11(9)16/h4-6,8H,7H2,1-3H3,(H,17,20). The largest absolute Gasteiger partial charge is 0.343 e. The van der Waals surface area contributed by atoms with E-state index in [0.717, 1.165) is 12.1 Å². The predicted octanol–water partition coefficient (Wildman–Crippen LogP) is 1.59. The molecule has 0 aromatic heterocycles. The summed E-state index contributed by atoms with van der Waals surface area (Å²) < 4.78 is 26.6. The van der Waals surface area contributed by atoms with Gasteiger partial charge in [-0.3, -0.25) is 9.59 Å². The third kappa shape index (κ3) is 2.37. The fraction of sp³-hybridized carbons (Fsp3) is 0.429. The van der Waals surface area contributed by atoms with Crippen molar-refractivity contribution in [3.63, 3.8) is 0 Å². The van der Waals surface area contributed by atoms with Crippen molar-refractivity contribution in [3.05, 3.63) is 35.4 Å². The van der Waals surface area contributed by atoms with Crippen LogP contribution in [0.3, 0.4) is 0 Å². The molecule has 1 fully saturated rings. The molecule has 4 nitrogen and oxygen atoms in total. The van der Waals surface area contributed by atoms with Crippen molar-refractivity contribution >= 4 is 11.8 Å². The molecular formula is C14H16F2N2O2. The lowest BCUT2D eigenvalue weighted by Crippen LogP contribution is -2.67. The number of hydrogen-bond acceptors (Lipinski definition) is 2. The Hall–Kier alpha value is -1.98. The average Bonchev–Trinajstić information content (AvgIpc) is 2.35. The molecule has 1 aromatic carbocycles. The first kappa shape index (κ1) is 14.4. The summed E-state index contributed by atoms with van der Waals surface area (Å²) in [6.07, 6.45) is 0. The Balaban J connectivity index is 2.33. The van der Waals surface area contributed by atoms with Gasteiger partial charge in [-0.15, -0.1) is 0 Å². The van der Waals surface area contributed by atoms with E-state index in [1.807, 2.05) is 0 Å². The molecule has 2 rings (SSSR count). The van der Waals surface area contributed by atoms with Crippen LogP contribution in [-0.4, -0.2) is 28.3 Å². The molecule has 108 valence electrons. The van der Waals surface area contributed by atoms with Crippen molar-refractivity contribution in [2.75, 3.05) is 0 Å². The van der Waals surface area contributed by atoms with Gasteiger partial charge in [-0.25, -0.2) is 8.78 Å². The Morgan fingerprint density at radius 1 is 1.30 bits per heavy atom. The summed E-state index contributed by atoms with van der Waals surface area (Å²) in [5, 5.41) is 2.57. The normalized spacial score (nSPS) is 21.9. The lowest BCUT2D eigenvalue weighted by Gasteiger charge is -2.43. The van der Waals surface area contributed by atoms with Crippen molar-refractivity contribution in [1.29, 1.82) is 0 Å². The van der Waals surface area contributed by atoms with Crippen LogP contribution in [0.15, 0.2) is 18.2 Å². The molecule has 0 radical (unpaired) electrons. The Morgan fingerprint density at radius 2 is 1.95 bits per heavy atom. The quantitative estimate of drug-likeness (QED) is 0.895. The van der Waals surface area contributed by atoms with Gasteiger partial charge in [0.15, 0.2) is 0 Å². The molecule has 1 aliphatic rings. The van der Waals surface area contributed by atoms with Gasteiger partial charge in [-0.2, -0.15) is 0 Å². The third-order valence-electron chi connectivity index (χ3n) is 3.56. The zero-order valence-electron chi connectivity index (χ0n) is 11.5. The predicted molar refractivity (Wildman–Crippen MR) is 68.6 cm³/mol. The molecule has 0 bridgehead atoms. The van der Waals surface area contributed by atoms with E-state index in [4.69, 9.17) is 0 Å². The number of nitrogens with one attached hydrogen (secondary N) is 1. The van der Waals surface area contributed by atoms with Gasteiger partial charge >= 0.3 is 0 Å². The topological polar surface area (TPSA) is 49.4 Å². The van der Waals surface area contributed by atoms with E-state index in [0.29, 0.717) is 0 Å². The summed E-state index contributed by atoms with van der Waals surface area (Å²) in [4.78, 5) is 25.4. The minimum Gasteiger partial charge on any atom is -0.343 e.